The van der Waals surface area contributed by atoms with Gasteiger partial charge in [0.25, 0.3) is 5.91 Å². The van der Waals surface area contributed by atoms with E-state index in [4.69, 9.17) is 14.2 Å². The number of hydrogen-bond donors (Lipinski definition) is 0. The van der Waals surface area contributed by atoms with Gasteiger partial charge in [-0.15, -0.1) is 0 Å². The third-order valence-electron chi connectivity index (χ3n) is 5.73. The van der Waals surface area contributed by atoms with Crippen LogP contribution in [-0.2, 0) is 0 Å². The lowest BCUT2D eigenvalue weighted by Gasteiger charge is -2.29. The van der Waals surface area contributed by atoms with Crippen LogP contribution in [0.3, 0.4) is 0 Å². The second-order valence-corrected chi connectivity index (χ2v) is 7.31. The number of nitrogens with zero attached hydrogens (tertiary/aromatic N) is 1. The molecule has 3 aromatic carbocycles. The van der Waals surface area contributed by atoms with Crippen LogP contribution in [0.15, 0.2) is 66.7 Å². The van der Waals surface area contributed by atoms with Crippen LogP contribution < -0.4 is 19.1 Å². The molecule has 5 nitrogen and oxygen atoms in total. The predicted molar refractivity (Wildman–Crippen MR) is 117 cm³/mol. The number of benzene rings is 3. The minimum absolute atomic E-state index is 0.0360. The normalized spacial score (nSPS) is 17.4. The van der Waals surface area contributed by atoms with Gasteiger partial charge < -0.3 is 14.2 Å². The molecule has 1 aliphatic rings. The van der Waals surface area contributed by atoms with Crippen molar-refractivity contribution in [1.29, 1.82) is 0 Å². The van der Waals surface area contributed by atoms with E-state index in [1.807, 2.05) is 71.6 Å². The van der Waals surface area contributed by atoms with Crippen LogP contribution in [-0.4, -0.2) is 27.2 Å². The van der Waals surface area contributed by atoms with Crippen molar-refractivity contribution in [3.8, 4) is 17.2 Å². The van der Waals surface area contributed by atoms with Gasteiger partial charge >= 0.3 is 0 Å². The molecule has 3 aromatic rings. The zero-order chi connectivity index (χ0) is 21.3. The van der Waals surface area contributed by atoms with E-state index in [1.54, 1.807) is 21.3 Å². The fraction of sp³-hybridized carbons (Fsp3) is 0.240. The molecule has 4 rings (SSSR count). The maximum Gasteiger partial charge on any atom is 0.258 e. The van der Waals surface area contributed by atoms with Crippen LogP contribution >= 0.6 is 0 Å². The van der Waals surface area contributed by atoms with Gasteiger partial charge in [-0.05, 0) is 53.6 Å². The molecule has 0 bridgehead atoms. The Morgan fingerprint density at radius 2 is 1.57 bits per heavy atom. The maximum absolute atomic E-state index is 13.6. The lowest BCUT2D eigenvalue weighted by atomic mass is 9.91. The smallest absolute Gasteiger partial charge is 0.258 e. The molecule has 0 unspecified atom stereocenters. The zero-order valence-electron chi connectivity index (χ0n) is 17.6. The molecule has 154 valence electrons. The van der Waals surface area contributed by atoms with Crippen LogP contribution in [0.2, 0.25) is 0 Å². The van der Waals surface area contributed by atoms with E-state index < -0.39 is 0 Å². The first-order valence-electron chi connectivity index (χ1n) is 9.87. The molecule has 1 aliphatic heterocycles. The van der Waals surface area contributed by atoms with E-state index in [-0.39, 0.29) is 17.9 Å². The number of anilines is 1. The first-order chi connectivity index (χ1) is 14.6. The van der Waals surface area contributed by atoms with Crippen molar-refractivity contribution in [2.24, 2.45) is 0 Å². The summed E-state index contributed by atoms with van der Waals surface area (Å²) < 4.78 is 16.3. The summed E-state index contributed by atoms with van der Waals surface area (Å²) in [5.41, 5.74) is 3.62. The molecule has 2 atom stereocenters. The number of carbonyl (C=O) groups excluding carboxylic acids is 1. The van der Waals surface area contributed by atoms with Crippen molar-refractivity contribution in [3.63, 3.8) is 0 Å². The van der Waals surface area contributed by atoms with E-state index in [0.717, 1.165) is 22.6 Å². The fourth-order valence-electron chi connectivity index (χ4n) is 4.22. The third-order valence-corrected chi connectivity index (χ3v) is 5.73. The highest BCUT2D eigenvalue weighted by Crippen LogP contribution is 2.51. The van der Waals surface area contributed by atoms with E-state index in [9.17, 15) is 4.79 Å². The average Bonchev–Trinajstić information content (AvgIpc) is 3.10. The van der Waals surface area contributed by atoms with Crippen LogP contribution in [0.1, 0.15) is 40.4 Å². The second kappa shape index (κ2) is 8.11. The summed E-state index contributed by atoms with van der Waals surface area (Å²) in [7, 11) is 4.88. The quantitative estimate of drug-likeness (QED) is 0.586. The van der Waals surface area contributed by atoms with Gasteiger partial charge in [0.1, 0.15) is 5.75 Å². The summed E-state index contributed by atoms with van der Waals surface area (Å²) in [6.07, 6.45) is 0. The number of methoxy groups -OCH3 is 3. The highest BCUT2D eigenvalue weighted by Gasteiger charge is 2.41. The molecule has 5 heteroatoms. The first kappa shape index (κ1) is 19.8. The minimum Gasteiger partial charge on any atom is -0.497 e. The summed E-state index contributed by atoms with van der Waals surface area (Å²) >= 11 is 0. The number of carbonyl (C=O) groups is 1. The predicted octanol–water partition coefficient (Wildman–Crippen LogP) is 5.22. The van der Waals surface area contributed by atoms with Gasteiger partial charge in [0.2, 0.25) is 0 Å². The molecular formula is C25H25NO4. The Kier molecular flexibility index (Phi) is 5.36. The van der Waals surface area contributed by atoms with Gasteiger partial charge in [0.05, 0.1) is 27.4 Å². The summed E-state index contributed by atoms with van der Waals surface area (Å²) in [4.78, 5) is 15.5. The first-order valence-corrected chi connectivity index (χ1v) is 9.87. The Hall–Kier alpha value is -3.47. The topological polar surface area (TPSA) is 48.0 Å². The van der Waals surface area contributed by atoms with E-state index in [0.29, 0.717) is 17.1 Å². The molecular weight excluding hydrogens is 378 g/mol. The van der Waals surface area contributed by atoms with Crippen molar-refractivity contribution in [2.45, 2.75) is 18.9 Å². The molecule has 0 N–H and O–H groups in total. The van der Waals surface area contributed by atoms with Crippen molar-refractivity contribution in [3.05, 3.63) is 83.4 Å². The number of fused-ring (bicyclic) bond motifs is 1. The van der Waals surface area contributed by atoms with Gasteiger partial charge in [-0.1, -0.05) is 31.2 Å². The zero-order valence-corrected chi connectivity index (χ0v) is 17.6. The van der Waals surface area contributed by atoms with Crippen LogP contribution in [0.5, 0.6) is 17.2 Å². The monoisotopic (exact) mass is 403 g/mol. The number of ether oxygens (including phenoxy) is 3. The van der Waals surface area contributed by atoms with Crippen molar-refractivity contribution < 1.29 is 19.0 Å². The summed E-state index contributed by atoms with van der Waals surface area (Å²) in [6, 6.07) is 20.9. The largest absolute Gasteiger partial charge is 0.497 e. The van der Waals surface area contributed by atoms with Crippen LogP contribution in [0, 0.1) is 0 Å². The molecule has 0 saturated heterocycles. The van der Waals surface area contributed by atoms with E-state index >= 15 is 0 Å². The lowest BCUT2D eigenvalue weighted by molar-refractivity contribution is 0.0977. The number of hydrogen-bond acceptors (Lipinski definition) is 4. The van der Waals surface area contributed by atoms with Gasteiger partial charge in [0.15, 0.2) is 11.5 Å². The Bertz CT molecular complexity index is 1060. The van der Waals surface area contributed by atoms with E-state index in [1.165, 1.54) is 0 Å². The Morgan fingerprint density at radius 3 is 2.23 bits per heavy atom. The minimum atomic E-state index is -0.181. The molecule has 0 spiro atoms. The average molecular weight is 403 g/mol. The maximum atomic E-state index is 13.6. The molecule has 1 heterocycles. The highest BCUT2D eigenvalue weighted by molar-refractivity contribution is 6.08. The molecule has 0 fully saturated rings. The molecule has 0 saturated carbocycles. The fourth-order valence-corrected chi connectivity index (χ4v) is 4.22. The Labute approximate surface area is 176 Å². The molecule has 30 heavy (non-hydrogen) atoms. The van der Waals surface area contributed by atoms with Gasteiger partial charge in [-0.2, -0.15) is 0 Å². The van der Waals surface area contributed by atoms with Crippen molar-refractivity contribution >= 4 is 11.6 Å². The number of amides is 1. The second-order valence-electron chi connectivity index (χ2n) is 7.31. The van der Waals surface area contributed by atoms with Crippen molar-refractivity contribution in [2.75, 3.05) is 26.2 Å². The summed E-state index contributed by atoms with van der Waals surface area (Å²) in [5.74, 6) is 2.11. The molecule has 1 amide bonds. The number of rotatable bonds is 5. The van der Waals surface area contributed by atoms with Gasteiger partial charge in [0, 0.05) is 17.2 Å². The van der Waals surface area contributed by atoms with Gasteiger partial charge in [-0.25, -0.2) is 0 Å². The Morgan fingerprint density at radius 1 is 0.833 bits per heavy atom. The molecule has 0 aliphatic carbocycles. The Balaban J connectivity index is 1.86. The SMILES string of the molecule is COc1ccc2c(c1)[C@H](C)[C@@H](c1ccc(OC)c(OC)c1)N2C(=O)c1ccccc1. The van der Waals surface area contributed by atoms with Crippen LogP contribution in [0.4, 0.5) is 5.69 Å². The third kappa shape index (κ3) is 3.26. The summed E-state index contributed by atoms with van der Waals surface area (Å²) in [5, 5.41) is 0. The lowest BCUT2D eigenvalue weighted by Crippen LogP contribution is -2.33. The van der Waals surface area contributed by atoms with Crippen LogP contribution in [0.25, 0.3) is 0 Å². The van der Waals surface area contributed by atoms with Gasteiger partial charge in [-0.3, -0.25) is 9.69 Å². The summed E-state index contributed by atoms with van der Waals surface area (Å²) in [6.45, 7) is 2.14. The standard InChI is InChI=1S/C25H25NO4/c1-16-20-15-19(28-2)11-12-21(20)26(25(27)17-8-6-5-7-9-17)24(16)18-10-13-22(29-3)23(14-18)30-4/h5-16,24H,1-4H3/t16-,24-/m0/s1. The molecule has 0 aromatic heterocycles. The highest BCUT2D eigenvalue weighted by atomic mass is 16.5. The van der Waals surface area contributed by atoms with Crippen molar-refractivity contribution in [1.82, 2.24) is 0 Å². The van der Waals surface area contributed by atoms with E-state index in [2.05, 4.69) is 6.92 Å². The molecule has 0 radical (unpaired) electrons.